The van der Waals surface area contributed by atoms with Gasteiger partial charge in [-0.1, -0.05) is 48.6 Å². The summed E-state index contributed by atoms with van der Waals surface area (Å²) in [4.78, 5) is 20.6. The van der Waals surface area contributed by atoms with Crippen molar-refractivity contribution < 1.29 is 18.3 Å². The number of aromatic nitrogens is 1. The second kappa shape index (κ2) is 11.8. The molecule has 1 aromatic heterocycles. The van der Waals surface area contributed by atoms with Crippen molar-refractivity contribution in [3.05, 3.63) is 46.5 Å². The van der Waals surface area contributed by atoms with Gasteiger partial charge in [-0.15, -0.1) is 0 Å². The average Bonchev–Trinajstić information content (AvgIpc) is 3.25. The third kappa shape index (κ3) is 7.97. The molecule has 2 aliphatic rings. The standard InChI is InChI=1S/C27H37F2N3O2S/c1-19(21-6-4-3-5-7-21)16-25(33)30-22-10-8-20(9-11-22)12-14-32-15-13-24-23(17-32)31-26(35-24)34-18-27(2,28)29/h3-7,19-20,22H,8-18H2,1-2H3,(H,30,33)/t19?,20-,22-. The van der Waals surface area contributed by atoms with Crippen LogP contribution in [0.1, 0.15) is 74.4 Å². The largest absolute Gasteiger partial charge is 0.464 e. The second-order valence-corrected chi connectivity index (χ2v) is 11.4. The number of benzene rings is 1. The van der Waals surface area contributed by atoms with Crippen LogP contribution in [0.2, 0.25) is 0 Å². The number of hydrogen-bond acceptors (Lipinski definition) is 5. The number of amides is 1. The summed E-state index contributed by atoms with van der Waals surface area (Å²) in [6.07, 6.45) is 6.99. The van der Waals surface area contributed by atoms with Crippen LogP contribution < -0.4 is 10.1 Å². The molecule has 1 unspecified atom stereocenters. The van der Waals surface area contributed by atoms with E-state index in [1.807, 2.05) is 18.2 Å². The van der Waals surface area contributed by atoms with Gasteiger partial charge in [-0.25, -0.2) is 13.8 Å². The molecule has 1 atom stereocenters. The number of alkyl halides is 2. The first-order valence-electron chi connectivity index (χ1n) is 12.8. The Bertz CT molecular complexity index is 955. The Hall–Kier alpha value is -2.06. The fourth-order valence-electron chi connectivity index (χ4n) is 5.09. The molecule has 0 bridgehead atoms. The number of halogens is 2. The van der Waals surface area contributed by atoms with E-state index >= 15 is 0 Å². The smallest absolute Gasteiger partial charge is 0.278 e. The first-order chi connectivity index (χ1) is 16.7. The molecule has 0 radical (unpaired) electrons. The summed E-state index contributed by atoms with van der Waals surface area (Å²) >= 11 is 1.40. The zero-order valence-electron chi connectivity index (χ0n) is 20.8. The number of nitrogens with zero attached hydrogens (tertiary/aromatic N) is 2. The van der Waals surface area contributed by atoms with Crippen molar-refractivity contribution in [1.82, 2.24) is 15.2 Å². The lowest BCUT2D eigenvalue weighted by atomic mass is 9.83. The van der Waals surface area contributed by atoms with Gasteiger partial charge < -0.3 is 10.1 Å². The van der Waals surface area contributed by atoms with Crippen LogP contribution in [0.5, 0.6) is 5.19 Å². The van der Waals surface area contributed by atoms with Gasteiger partial charge in [0.1, 0.15) is 0 Å². The molecule has 1 aliphatic carbocycles. The highest BCUT2D eigenvalue weighted by Gasteiger charge is 2.27. The van der Waals surface area contributed by atoms with Crippen molar-refractivity contribution in [2.24, 2.45) is 5.92 Å². The van der Waals surface area contributed by atoms with E-state index < -0.39 is 12.5 Å². The number of thiazole rings is 1. The molecule has 1 saturated carbocycles. The fourth-order valence-corrected chi connectivity index (χ4v) is 6.00. The Labute approximate surface area is 211 Å². The SMILES string of the molecule is CC(CC(=O)N[C@H]1CC[C@H](CCN2CCc3sc(OCC(C)(F)F)nc3C2)CC1)c1ccccc1. The molecule has 1 N–H and O–H groups in total. The molecule has 2 aromatic rings. The van der Waals surface area contributed by atoms with Gasteiger partial charge in [0.2, 0.25) is 5.91 Å². The number of hydrogen-bond donors (Lipinski definition) is 1. The van der Waals surface area contributed by atoms with Crippen molar-refractivity contribution in [1.29, 1.82) is 0 Å². The predicted octanol–water partition coefficient (Wildman–Crippen LogP) is 5.79. The maximum Gasteiger partial charge on any atom is 0.278 e. The van der Waals surface area contributed by atoms with Gasteiger partial charge >= 0.3 is 0 Å². The lowest BCUT2D eigenvalue weighted by molar-refractivity contribution is -0.122. The molecule has 35 heavy (non-hydrogen) atoms. The molecule has 1 amide bonds. The van der Waals surface area contributed by atoms with Crippen LogP contribution in [0.15, 0.2) is 30.3 Å². The van der Waals surface area contributed by atoms with Crippen LogP contribution in [0.25, 0.3) is 0 Å². The molecule has 1 fully saturated rings. The Morgan fingerprint density at radius 1 is 1.26 bits per heavy atom. The van der Waals surface area contributed by atoms with Crippen LogP contribution in [0, 0.1) is 5.92 Å². The highest BCUT2D eigenvalue weighted by Crippen LogP contribution is 2.32. The lowest BCUT2D eigenvalue weighted by Crippen LogP contribution is -2.38. The zero-order chi connectivity index (χ0) is 24.8. The minimum Gasteiger partial charge on any atom is -0.464 e. The molecule has 4 rings (SSSR count). The Balaban J connectivity index is 1.14. The van der Waals surface area contributed by atoms with E-state index in [1.165, 1.54) is 16.9 Å². The fraction of sp³-hybridized carbons (Fsp3) is 0.630. The molecular weight excluding hydrogens is 468 g/mol. The molecule has 8 heteroatoms. The minimum atomic E-state index is -2.85. The van der Waals surface area contributed by atoms with Gasteiger partial charge in [-0.3, -0.25) is 9.69 Å². The van der Waals surface area contributed by atoms with Gasteiger partial charge in [-0.05, 0) is 62.5 Å². The molecule has 0 spiro atoms. The summed E-state index contributed by atoms with van der Waals surface area (Å²) in [5.74, 6) is -1.77. The molecule has 1 aliphatic heterocycles. The Morgan fingerprint density at radius 2 is 2.00 bits per heavy atom. The van der Waals surface area contributed by atoms with Gasteiger partial charge in [0, 0.05) is 37.4 Å². The van der Waals surface area contributed by atoms with Crippen LogP contribution in [0.3, 0.4) is 0 Å². The first-order valence-corrected chi connectivity index (χ1v) is 13.6. The third-order valence-corrected chi connectivity index (χ3v) is 8.23. The molecular formula is C27H37F2N3O2S. The highest BCUT2D eigenvalue weighted by atomic mass is 32.1. The third-order valence-electron chi connectivity index (χ3n) is 7.16. The van der Waals surface area contributed by atoms with E-state index in [1.54, 1.807) is 0 Å². The number of ether oxygens (including phenoxy) is 1. The average molecular weight is 506 g/mol. The predicted molar refractivity (Wildman–Crippen MR) is 135 cm³/mol. The van der Waals surface area contributed by atoms with Crippen molar-refractivity contribution in [3.8, 4) is 5.19 Å². The van der Waals surface area contributed by atoms with Gasteiger partial charge in [0.15, 0.2) is 6.61 Å². The maximum absolute atomic E-state index is 13.1. The van der Waals surface area contributed by atoms with Crippen molar-refractivity contribution in [2.75, 3.05) is 19.7 Å². The topological polar surface area (TPSA) is 54.5 Å². The molecule has 0 saturated heterocycles. The molecule has 2 heterocycles. The monoisotopic (exact) mass is 505 g/mol. The van der Waals surface area contributed by atoms with Gasteiger partial charge in [0.25, 0.3) is 11.1 Å². The van der Waals surface area contributed by atoms with Crippen molar-refractivity contribution in [2.45, 2.75) is 83.2 Å². The van der Waals surface area contributed by atoms with Crippen molar-refractivity contribution in [3.63, 3.8) is 0 Å². The summed E-state index contributed by atoms with van der Waals surface area (Å²) in [7, 11) is 0. The number of carbonyl (C=O) groups excluding carboxylic acids is 1. The van der Waals surface area contributed by atoms with Crippen LogP contribution >= 0.6 is 11.3 Å². The Kier molecular flexibility index (Phi) is 8.76. The molecule has 192 valence electrons. The highest BCUT2D eigenvalue weighted by molar-refractivity contribution is 7.13. The molecule has 1 aromatic carbocycles. The van der Waals surface area contributed by atoms with Gasteiger partial charge in [0.05, 0.1) is 5.69 Å². The second-order valence-electron chi connectivity index (χ2n) is 10.3. The number of fused-ring (bicyclic) bond motifs is 1. The van der Waals surface area contributed by atoms with Crippen molar-refractivity contribution >= 4 is 17.2 Å². The van der Waals surface area contributed by atoms with E-state index in [9.17, 15) is 13.6 Å². The molecule has 5 nitrogen and oxygen atoms in total. The zero-order valence-corrected chi connectivity index (χ0v) is 21.6. The van der Waals surface area contributed by atoms with Crippen LogP contribution in [-0.4, -0.2) is 47.5 Å². The van der Waals surface area contributed by atoms with E-state index in [2.05, 4.69) is 34.3 Å². The van der Waals surface area contributed by atoms with E-state index in [0.717, 1.165) is 75.7 Å². The Morgan fingerprint density at radius 3 is 2.71 bits per heavy atom. The van der Waals surface area contributed by atoms with E-state index in [0.29, 0.717) is 23.6 Å². The normalized spacial score (nSPS) is 21.8. The summed E-state index contributed by atoms with van der Waals surface area (Å²) in [6, 6.07) is 10.5. The summed E-state index contributed by atoms with van der Waals surface area (Å²) in [6.45, 7) is 5.11. The minimum absolute atomic E-state index is 0.156. The number of rotatable bonds is 10. The van der Waals surface area contributed by atoms with Crippen LogP contribution in [-0.2, 0) is 17.8 Å². The van der Waals surface area contributed by atoms with Crippen LogP contribution in [0.4, 0.5) is 8.78 Å². The maximum atomic E-state index is 13.1. The summed E-state index contributed by atoms with van der Waals surface area (Å²) in [5.41, 5.74) is 2.19. The van der Waals surface area contributed by atoms with E-state index in [-0.39, 0.29) is 11.8 Å². The quantitative estimate of drug-likeness (QED) is 0.444. The lowest BCUT2D eigenvalue weighted by Gasteiger charge is -2.32. The first kappa shape index (κ1) is 26.0. The summed E-state index contributed by atoms with van der Waals surface area (Å²) < 4.78 is 31.3. The van der Waals surface area contributed by atoms with E-state index in [4.69, 9.17) is 4.74 Å². The van der Waals surface area contributed by atoms with Gasteiger partial charge in [-0.2, -0.15) is 0 Å². The summed E-state index contributed by atoms with van der Waals surface area (Å²) in [5, 5.41) is 3.62. The number of nitrogens with one attached hydrogen (secondary N) is 1. The number of carbonyl (C=O) groups is 1.